The number of amides is 3. The molecule has 1 N–H and O–H groups in total. The van der Waals surface area contributed by atoms with E-state index in [4.69, 9.17) is 11.6 Å². The van der Waals surface area contributed by atoms with Crippen molar-refractivity contribution in [1.82, 2.24) is 9.80 Å². The lowest BCUT2D eigenvalue weighted by Gasteiger charge is -2.38. The quantitative estimate of drug-likeness (QED) is 0.738. The van der Waals surface area contributed by atoms with Crippen molar-refractivity contribution in [2.75, 3.05) is 31.5 Å². The number of carbonyl (C=O) groups excluding carboxylic acids is 2. The Hall–Kier alpha value is -1.96. The summed E-state index contributed by atoms with van der Waals surface area (Å²) in [6.07, 6.45) is -3.35. The molecular weight excluding hydrogens is 407 g/mol. The number of halogens is 4. The molecule has 1 saturated carbocycles. The van der Waals surface area contributed by atoms with Crippen LogP contribution in [0.15, 0.2) is 18.2 Å². The van der Waals surface area contributed by atoms with Crippen LogP contribution in [-0.2, 0) is 4.79 Å². The van der Waals surface area contributed by atoms with Crippen molar-refractivity contribution in [1.29, 1.82) is 0 Å². The van der Waals surface area contributed by atoms with Crippen LogP contribution in [-0.4, -0.2) is 54.1 Å². The number of piperazine rings is 1. The van der Waals surface area contributed by atoms with E-state index in [9.17, 15) is 22.8 Å². The Morgan fingerprint density at radius 2 is 1.76 bits per heavy atom. The third-order valence-electron chi connectivity index (χ3n) is 5.79. The van der Waals surface area contributed by atoms with E-state index >= 15 is 0 Å². The molecule has 2 unspecified atom stereocenters. The summed E-state index contributed by atoms with van der Waals surface area (Å²) in [5.74, 6) is -2.19. The maximum absolute atomic E-state index is 13.0. The molecule has 29 heavy (non-hydrogen) atoms. The smallest absolute Gasteiger partial charge is 0.339 e. The predicted octanol–water partition coefficient (Wildman–Crippen LogP) is 4.69. The van der Waals surface area contributed by atoms with Crippen LogP contribution < -0.4 is 5.32 Å². The molecule has 1 heterocycles. The summed E-state index contributed by atoms with van der Waals surface area (Å²) in [5, 5.41) is 3.34. The van der Waals surface area contributed by atoms with Gasteiger partial charge in [-0.25, -0.2) is 4.79 Å². The summed E-state index contributed by atoms with van der Waals surface area (Å²) >= 11 is 6.07. The average Bonchev–Trinajstić information content (AvgIpc) is 2.70. The normalized spacial score (nSPS) is 23.1. The summed E-state index contributed by atoms with van der Waals surface area (Å²) in [7, 11) is 0. The molecule has 9 heteroatoms. The Kier molecular flexibility index (Phi) is 6.61. The highest BCUT2D eigenvalue weighted by Gasteiger charge is 2.44. The highest BCUT2D eigenvalue weighted by Crippen LogP contribution is 2.40. The Morgan fingerprint density at radius 3 is 2.38 bits per heavy atom. The van der Waals surface area contributed by atoms with E-state index in [1.165, 1.54) is 0 Å². The number of nitrogens with one attached hydrogen (secondary N) is 1. The zero-order valence-corrected chi connectivity index (χ0v) is 17.0. The third kappa shape index (κ3) is 5.35. The highest BCUT2D eigenvalue weighted by molar-refractivity contribution is 6.31. The van der Waals surface area contributed by atoms with E-state index in [2.05, 4.69) is 5.32 Å². The molecule has 2 aliphatic rings. The molecule has 3 rings (SSSR count). The molecule has 2 fully saturated rings. The largest absolute Gasteiger partial charge is 0.391 e. The molecule has 0 radical (unpaired) electrons. The van der Waals surface area contributed by atoms with Crippen LogP contribution in [0.3, 0.4) is 0 Å². The second kappa shape index (κ2) is 8.81. The lowest BCUT2D eigenvalue weighted by molar-refractivity contribution is -0.187. The van der Waals surface area contributed by atoms with E-state index in [0.717, 1.165) is 5.56 Å². The molecule has 3 amide bonds. The Morgan fingerprint density at radius 1 is 1.10 bits per heavy atom. The van der Waals surface area contributed by atoms with Gasteiger partial charge in [0, 0.05) is 42.8 Å². The standard InChI is InChI=1S/C20H25ClF3N3O2/c1-13-5-6-16(12-17(13)21)25-19(29)27-9-7-26(8-10-27)18(28)14-3-2-4-15(11-14)20(22,23)24/h5-6,12,14-15H,2-4,7-11H2,1H3,(H,25,29). The summed E-state index contributed by atoms with van der Waals surface area (Å²) in [4.78, 5) is 28.3. The average molecular weight is 432 g/mol. The van der Waals surface area contributed by atoms with Gasteiger partial charge in [-0.15, -0.1) is 0 Å². The number of rotatable bonds is 2. The van der Waals surface area contributed by atoms with Crippen molar-refractivity contribution < 1.29 is 22.8 Å². The van der Waals surface area contributed by atoms with Crippen LogP contribution in [0.2, 0.25) is 5.02 Å². The van der Waals surface area contributed by atoms with Gasteiger partial charge in [0.25, 0.3) is 0 Å². The van der Waals surface area contributed by atoms with E-state index in [1.54, 1.807) is 21.9 Å². The molecule has 2 atom stereocenters. The highest BCUT2D eigenvalue weighted by atomic mass is 35.5. The fourth-order valence-corrected chi connectivity index (χ4v) is 4.15. The van der Waals surface area contributed by atoms with Gasteiger partial charge in [-0.3, -0.25) is 4.79 Å². The molecule has 0 aromatic heterocycles. The molecule has 1 aromatic rings. The van der Waals surface area contributed by atoms with Gasteiger partial charge in [-0.1, -0.05) is 24.1 Å². The van der Waals surface area contributed by atoms with Crippen LogP contribution in [0.25, 0.3) is 0 Å². The zero-order chi connectivity index (χ0) is 21.2. The van der Waals surface area contributed by atoms with Crippen LogP contribution >= 0.6 is 11.6 Å². The van der Waals surface area contributed by atoms with Crippen LogP contribution in [0, 0.1) is 18.8 Å². The number of hydrogen-bond donors (Lipinski definition) is 1. The summed E-state index contributed by atoms with van der Waals surface area (Å²) < 4.78 is 39.0. The molecule has 0 spiro atoms. The van der Waals surface area contributed by atoms with Gasteiger partial charge in [-0.2, -0.15) is 13.2 Å². The zero-order valence-electron chi connectivity index (χ0n) is 16.3. The summed E-state index contributed by atoms with van der Waals surface area (Å²) in [6, 6.07) is 4.97. The van der Waals surface area contributed by atoms with Gasteiger partial charge in [0.15, 0.2) is 0 Å². The van der Waals surface area contributed by atoms with Gasteiger partial charge >= 0.3 is 12.2 Å². The lowest BCUT2D eigenvalue weighted by atomic mass is 9.80. The number of anilines is 1. The number of benzene rings is 1. The fraction of sp³-hybridized carbons (Fsp3) is 0.600. The van der Waals surface area contributed by atoms with Crippen molar-refractivity contribution in [3.05, 3.63) is 28.8 Å². The molecule has 160 valence electrons. The summed E-state index contributed by atoms with van der Waals surface area (Å²) in [5.41, 5.74) is 1.50. The maximum atomic E-state index is 13.0. The second-order valence-electron chi connectivity index (χ2n) is 7.81. The topological polar surface area (TPSA) is 52.7 Å². The number of urea groups is 1. The van der Waals surface area contributed by atoms with Crippen molar-refractivity contribution >= 4 is 29.2 Å². The van der Waals surface area contributed by atoms with Gasteiger partial charge < -0.3 is 15.1 Å². The monoisotopic (exact) mass is 431 g/mol. The Bertz CT molecular complexity index is 764. The molecular formula is C20H25ClF3N3O2. The number of nitrogens with zero attached hydrogens (tertiary/aromatic N) is 2. The van der Waals surface area contributed by atoms with E-state index in [1.807, 2.05) is 13.0 Å². The van der Waals surface area contributed by atoms with Gasteiger partial charge in [0.2, 0.25) is 5.91 Å². The van der Waals surface area contributed by atoms with E-state index in [0.29, 0.717) is 49.7 Å². The van der Waals surface area contributed by atoms with E-state index in [-0.39, 0.29) is 24.8 Å². The molecule has 1 aliphatic carbocycles. The number of carbonyl (C=O) groups is 2. The second-order valence-corrected chi connectivity index (χ2v) is 8.22. The lowest BCUT2D eigenvalue weighted by Crippen LogP contribution is -2.53. The Labute approximate surface area is 173 Å². The predicted molar refractivity (Wildman–Crippen MR) is 105 cm³/mol. The van der Waals surface area contributed by atoms with Crippen LogP contribution in [0.5, 0.6) is 0 Å². The Balaban J connectivity index is 1.51. The SMILES string of the molecule is Cc1ccc(NC(=O)N2CCN(C(=O)C3CCCC(C(F)(F)F)C3)CC2)cc1Cl. The number of hydrogen-bond acceptors (Lipinski definition) is 2. The van der Waals surface area contributed by atoms with Crippen LogP contribution in [0.1, 0.15) is 31.2 Å². The van der Waals surface area contributed by atoms with Gasteiger partial charge in [0.1, 0.15) is 0 Å². The number of aryl methyl sites for hydroxylation is 1. The maximum Gasteiger partial charge on any atom is 0.391 e. The first-order valence-corrected chi connectivity index (χ1v) is 10.2. The minimum absolute atomic E-state index is 0.101. The minimum Gasteiger partial charge on any atom is -0.339 e. The van der Waals surface area contributed by atoms with Crippen molar-refractivity contribution in [2.24, 2.45) is 11.8 Å². The first-order valence-electron chi connectivity index (χ1n) is 9.82. The van der Waals surface area contributed by atoms with Gasteiger partial charge in [0.05, 0.1) is 5.92 Å². The van der Waals surface area contributed by atoms with Crippen LogP contribution in [0.4, 0.5) is 23.7 Å². The fourth-order valence-electron chi connectivity index (χ4n) is 3.97. The molecule has 5 nitrogen and oxygen atoms in total. The van der Waals surface area contributed by atoms with E-state index < -0.39 is 18.0 Å². The molecule has 0 bridgehead atoms. The molecule has 1 aromatic carbocycles. The van der Waals surface area contributed by atoms with Crippen molar-refractivity contribution in [3.8, 4) is 0 Å². The number of alkyl halides is 3. The van der Waals surface area contributed by atoms with Gasteiger partial charge in [-0.05, 0) is 43.9 Å². The van der Waals surface area contributed by atoms with Crippen molar-refractivity contribution in [2.45, 2.75) is 38.8 Å². The minimum atomic E-state index is -4.24. The first kappa shape index (κ1) is 21.7. The first-order chi connectivity index (χ1) is 13.6. The van der Waals surface area contributed by atoms with Crippen molar-refractivity contribution in [3.63, 3.8) is 0 Å². The third-order valence-corrected chi connectivity index (χ3v) is 6.20. The molecule has 1 aliphatic heterocycles. The molecule has 1 saturated heterocycles. The summed E-state index contributed by atoms with van der Waals surface area (Å²) in [6.45, 7) is 3.20.